The van der Waals surface area contributed by atoms with Crippen molar-refractivity contribution in [3.8, 4) is 55.6 Å². The molecule has 0 aliphatic rings. The van der Waals surface area contributed by atoms with Gasteiger partial charge in [-0.15, -0.1) is 0 Å². The van der Waals surface area contributed by atoms with Gasteiger partial charge in [0, 0.05) is 0 Å². The van der Waals surface area contributed by atoms with Crippen LogP contribution in [0.4, 0.5) is 0 Å². The normalized spacial score (nSPS) is 12.3. The minimum absolute atomic E-state index is 0.334. The van der Waals surface area contributed by atoms with Crippen LogP contribution in [0, 0.1) is 0 Å². The Morgan fingerprint density at radius 1 is 0.233 bits per heavy atom. The summed E-state index contributed by atoms with van der Waals surface area (Å²) < 4.78 is 0. The van der Waals surface area contributed by atoms with E-state index in [0.717, 1.165) is 0 Å². The third-order valence-electron chi connectivity index (χ3n) is 16.4. The van der Waals surface area contributed by atoms with Crippen LogP contribution < -0.4 is 0 Å². The average molecular weight is 933 g/mol. The molecule has 14 aromatic carbocycles. The average Bonchev–Trinajstić information content (AvgIpc) is 3.94. The van der Waals surface area contributed by atoms with Crippen LogP contribution in [-0.4, -0.2) is 0 Å². The molecule has 0 radical (unpaired) electrons. The van der Waals surface area contributed by atoms with E-state index < -0.39 is 0 Å². The van der Waals surface area contributed by atoms with Crippen LogP contribution in [0.5, 0.6) is 0 Å². The van der Waals surface area contributed by atoms with E-state index >= 15 is 0 Å². The summed E-state index contributed by atoms with van der Waals surface area (Å²) in [5.74, 6) is 1.10. The molecule has 0 N–H and O–H groups in total. The molecule has 0 unspecified atom stereocenters. The summed E-state index contributed by atoms with van der Waals surface area (Å²) in [6, 6.07) is 81.1. The number of hydrogen-bond acceptors (Lipinski definition) is 0. The molecule has 348 valence electrons. The van der Waals surface area contributed by atoms with Crippen molar-refractivity contribution in [3.05, 3.63) is 229 Å². The highest BCUT2D eigenvalue weighted by atomic mass is 14.3. The van der Waals surface area contributed by atoms with Gasteiger partial charge in [-0.1, -0.05) is 242 Å². The molecule has 0 atom stereocenters. The monoisotopic (exact) mass is 932 g/mol. The zero-order valence-electron chi connectivity index (χ0n) is 42.4. The van der Waals surface area contributed by atoms with Gasteiger partial charge in [0.25, 0.3) is 0 Å². The van der Waals surface area contributed by atoms with Gasteiger partial charge in [-0.3, -0.25) is 0 Å². The number of benzene rings is 12. The molecular weight excluding hydrogens is 877 g/mol. The Morgan fingerprint density at radius 3 is 1.34 bits per heavy atom. The Kier molecular flexibility index (Phi) is 9.90. The van der Waals surface area contributed by atoms with Crippen LogP contribution in [0.3, 0.4) is 0 Å². The van der Waals surface area contributed by atoms with E-state index in [0.29, 0.717) is 17.8 Å². The van der Waals surface area contributed by atoms with Crippen LogP contribution >= 0.6 is 0 Å². The summed E-state index contributed by atoms with van der Waals surface area (Å²) in [6.45, 7) is 14.2. The quantitative estimate of drug-likeness (QED) is 0.133. The minimum Gasteiger partial charge on any atom is -0.0622 e. The molecule has 14 aromatic rings. The Morgan fingerprint density at radius 2 is 0.726 bits per heavy atom. The molecule has 0 aromatic heterocycles. The summed E-state index contributed by atoms with van der Waals surface area (Å²) in [5, 5.41) is 20.9. The highest BCUT2D eigenvalue weighted by Crippen LogP contribution is 2.58. The van der Waals surface area contributed by atoms with Gasteiger partial charge in [0.15, 0.2) is 0 Å². The highest BCUT2D eigenvalue weighted by molar-refractivity contribution is 6.47. The van der Waals surface area contributed by atoms with Crippen molar-refractivity contribution in [2.75, 3.05) is 0 Å². The summed E-state index contributed by atoms with van der Waals surface area (Å²) >= 11 is 0. The molecule has 0 saturated heterocycles. The Labute approximate surface area is 427 Å². The highest BCUT2D eigenvalue weighted by Gasteiger charge is 2.31. The van der Waals surface area contributed by atoms with Crippen molar-refractivity contribution >= 4 is 86.2 Å². The predicted octanol–water partition coefficient (Wildman–Crippen LogP) is 21.5. The fourth-order valence-corrected chi connectivity index (χ4v) is 13.2. The molecule has 14 rings (SSSR count). The van der Waals surface area contributed by atoms with E-state index in [4.69, 9.17) is 0 Å². The maximum Gasteiger partial charge on any atom is -0.000674 e. The first-order valence-electron chi connectivity index (χ1n) is 26.4. The van der Waals surface area contributed by atoms with Crippen LogP contribution in [-0.2, 0) is 0 Å². The Hall–Kier alpha value is -8.32. The molecule has 0 spiro atoms. The van der Waals surface area contributed by atoms with Crippen molar-refractivity contribution in [1.82, 2.24) is 0 Å². The standard InChI is InChI=1S/C73H56/c1-42(2)48-39-60(43(3)4)66(61(40-48)44(5)6)58-36-37-59-69-63(38-47-26-13-14-29-51(47)67(58)69)73-71(55-33-20-16-28-50(55)46-24-11-8-12-25-46)70-57-35-21-34-56-52-30-17-18-31-53(52)62(65(56)57)41-64(70)68(72(59)73)54-32-19-15-27-49(54)45-22-9-7-10-23-45/h7-44H,1-6H3. The van der Waals surface area contributed by atoms with Crippen molar-refractivity contribution in [2.45, 2.75) is 59.3 Å². The smallest absolute Gasteiger partial charge is 0.000674 e. The number of rotatable bonds is 8. The maximum absolute atomic E-state index is 2.59. The summed E-state index contributed by atoms with van der Waals surface area (Å²) in [6.07, 6.45) is 0. The van der Waals surface area contributed by atoms with Gasteiger partial charge in [0.2, 0.25) is 0 Å². The van der Waals surface area contributed by atoms with Crippen molar-refractivity contribution < 1.29 is 0 Å². The van der Waals surface area contributed by atoms with Gasteiger partial charge >= 0.3 is 0 Å². The van der Waals surface area contributed by atoms with Gasteiger partial charge in [-0.05, 0) is 188 Å². The molecule has 0 saturated carbocycles. The third-order valence-corrected chi connectivity index (χ3v) is 16.4. The van der Waals surface area contributed by atoms with E-state index in [1.807, 2.05) is 0 Å². The zero-order chi connectivity index (χ0) is 49.2. The van der Waals surface area contributed by atoms with E-state index in [1.165, 1.54) is 159 Å². The molecule has 73 heavy (non-hydrogen) atoms. The van der Waals surface area contributed by atoms with E-state index in [1.54, 1.807) is 0 Å². The van der Waals surface area contributed by atoms with Crippen LogP contribution in [0.1, 0.15) is 76.0 Å². The van der Waals surface area contributed by atoms with Gasteiger partial charge in [0.1, 0.15) is 0 Å². The van der Waals surface area contributed by atoms with E-state index in [-0.39, 0.29) is 0 Å². The Balaban J connectivity index is 1.30. The second-order valence-electron chi connectivity index (χ2n) is 21.5. The minimum atomic E-state index is 0.334. The van der Waals surface area contributed by atoms with Gasteiger partial charge in [-0.25, -0.2) is 0 Å². The lowest BCUT2D eigenvalue weighted by Gasteiger charge is -2.24. The van der Waals surface area contributed by atoms with Gasteiger partial charge < -0.3 is 0 Å². The molecule has 0 heteroatoms. The summed E-state index contributed by atoms with van der Waals surface area (Å²) in [7, 11) is 0. The first-order valence-corrected chi connectivity index (χ1v) is 26.4. The van der Waals surface area contributed by atoms with Gasteiger partial charge in [-0.2, -0.15) is 0 Å². The zero-order valence-corrected chi connectivity index (χ0v) is 42.4. The molecular formula is C73H56. The van der Waals surface area contributed by atoms with Crippen LogP contribution in [0.15, 0.2) is 212 Å². The summed E-state index contributed by atoms with van der Waals surface area (Å²) in [5.41, 5.74) is 17.0. The van der Waals surface area contributed by atoms with Crippen molar-refractivity contribution in [2.24, 2.45) is 0 Å². The van der Waals surface area contributed by atoms with Crippen molar-refractivity contribution in [1.29, 1.82) is 0 Å². The van der Waals surface area contributed by atoms with Crippen molar-refractivity contribution in [3.63, 3.8) is 0 Å². The fraction of sp³-hybridized carbons (Fsp3) is 0.123. The van der Waals surface area contributed by atoms with E-state index in [2.05, 4.69) is 254 Å². The number of hydrogen-bond donors (Lipinski definition) is 0. The lowest BCUT2D eigenvalue weighted by Crippen LogP contribution is -2.04. The molecule has 0 fully saturated rings. The molecule has 0 aliphatic carbocycles. The Bertz CT molecular complexity index is 4460. The third kappa shape index (κ3) is 6.39. The second-order valence-corrected chi connectivity index (χ2v) is 21.5. The van der Waals surface area contributed by atoms with Gasteiger partial charge in [0.05, 0.1) is 0 Å². The molecule has 0 nitrogen and oxygen atoms in total. The SMILES string of the molecule is CC(C)c1cc(C(C)C)c(-c2ccc3c4c(-c5ccccc5-c5ccccc5)c5cc6c7ccccc7c7cccc(c5c(-c5ccccc5-c5ccccc5)c4c4cc5ccccc5c2c34)c76)c(C(C)C)c1. The fourth-order valence-electron chi connectivity index (χ4n) is 13.2. The topological polar surface area (TPSA) is 0 Å². The first-order chi connectivity index (χ1) is 35.8. The number of fused-ring (bicyclic) bond motifs is 10. The van der Waals surface area contributed by atoms with Crippen LogP contribution in [0.25, 0.3) is 142 Å². The van der Waals surface area contributed by atoms with E-state index in [9.17, 15) is 0 Å². The molecule has 0 heterocycles. The van der Waals surface area contributed by atoms with Crippen LogP contribution in [0.2, 0.25) is 0 Å². The largest absolute Gasteiger partial charge is 0.0622 e. The second kappa shape index (κ2) is 16.6. The maximum atomic E-state index is 2.59. The predicted molar refractivity (Wildman–Crippen MR) is 318 cm³/mol. The molecule has 0 bridgehead atoms. The first kappa shape index (κ1) is 43.5. The molecule has 0 amide bonds. The lowest BCUT2D eigenvalue weighted by molar-refractivity contribution is 0.808. The lowest BCUT2D eigenvalue weighted by atomic mass is 9.79. The molecule has 0 aliphatic heterocycles. The summed E-state index contributed by atoms with van der Waals surface area (Å²) in [4.78, 5) is 0.